The second kappa shape index (κ2) is 11.8. The van der Waals surface area contributed by atoms with Gasteiger partial charge in [-0.2, -0.15) is 0 Å². The molecule has 0 aliphatic heterocycles. The van der Waals surface area contributed by atoms with Gasteiger partial charge >= 0.3 is 0 Å². The summed E-state index contributed by atoms with van der Waals surface area (Å²) in [5.41, 5.74) is 8.14. The van der Waals surface area contributed by atoms with Crippen LogP contribution in [0.25, 0.3) is 0 Å². The molecule has 0 unspecified atom stereocenters. The number of likely N-dealkylation sites (N-methyl/N-ethyl adjacent to an activating group) is 1. The Bertz CT molecular complexity index is 409. The maximum absolute atomic E-state index is 5.86. The molecule has 1 aromatic rings. The van der Waals surface area contributed by atoms with Gasteiger partial charge in [0.1, 0.15) is 0 Å². The van der Waals surface area contributed by atoms with Gasteiger partial charge in [-0.25, -0.2) is 0 Å². The first-order valence-corrected chi connectivity index (χ1v) is 6.99. The average Bonchev–Trinajstić information content (AvgIpc) is 2.46. The van der Waals surface area contributed by atoms with Crippen LogP contribution in [0, 0.1) is 0 Å². The number of nitrogens with two attached hydrogens (primary N) is 1. The molecule has 1 rings (SSSR count). The van der Waals surface area contributed by atoms with Crippen LogP contribution in [0.5, 0.6) is 0 Å². The SMILES string of the molecule is CCc1ccc(NC(N)=NCCN(C)CCOC)cc1.I. The summed E-state index contributed by atoms with van der Waals surface area (Å²) in [4.78, 5) is 6.47. The van der Waals surface area contributed by atoms with E-state index in [-0.39, 0.29) is 24.0 Å². The van der Waals surface area contributed by atoms with E-state index in [2.05, 4.69) is 34.3 Å². The number of anilines is 1. The minimum Gasteiger partial charge on any atom is -0.383 e. The van der Waals surface area contributed by atoms with Gasteiger partial charge in [-0.1, -0.05) is 19.1 Å². The van der Waals surface area contributed by atoms with Gasteiger partial charge in [0, 0.05) is 25.9 Å². The van der Waals surface area contributed by atoms with E-state index in [9.17, 15) is 0 Å². The lowest BCUT2D eigenvalue weighted by molar-refractivity contribution is 0.163. The highest BCUT2D eigenvalue weighted by Crippen LogP contribution is 2.09. The predicted octanol–water partition coefficient (Wildman–Crippen LogP) is 2.17. The van der Waals surface area contributed by atoms with Crippen LogP contribution in [0.1, 0.15) is 12.5 Å². The summed E-state index contributed by atoms with van der Waals surface area (Å²) < 4.78 is 5.02. The standard InChI is InChI=1S/C15H26N4O.HI/c1-4-13-5-7-14(8-6-13)18-15(16)17-9-10-19(2)11-12-20-3;/h5-8H,4,9-12H2,1-3H3,(H3,16,17,18);1H. The maximum Gasteiger partial charge on any atom is 0.193 e. The third-order valence-corrected chi connectivity index (χ3v) is 3.08. The summed E-state index contributed by atoms with van der Waals surface area (Å²) in [6.07, 6.45) is 1.04. The van der Waals surface area contributed by atoms with Crippen LogP contribution < -0.4 is 11.1 Å². The second-order valence-corrected chi connectivity index (χ2v) is 4.74. The molecule has 120 valence electrons. The lowest BCUT2D eigenvalue weighted by Crippen LogP contribution is -2.28. The summed E-state index contributed by atoms with van der Waals surface area (Å²) in [5.74, 6) is 0.453. The Labute approximate surface area is 145 Å². The zero-order valence-electron chi connectivity index (χ0n) is 13.1. The summed E-state index contributed by atoms with van der Waals surface area (Å²) in [6, 6.07) is 8.22. The molecule has 0 amide bonds. The molecule has 6 heteroatoms. The number of guanidine groups is 1. The van der Waals surface area contributed by atoms with E-state index in [1.807, 2.05) is 19.2 Å². The molecule has 21 heavy (non-hydrogen) atoms. The van der Waals surface area contributed by atoms with Crippen molar-refractivity contribution in [3.8, 4) is 0 Å². The van der Waals surface area contributed by atoms with E-state index < -0.39 is 0 Å². The smallest absolute Gasteiger partial charge is 0.193 e. The van der Waals surface area contributed by atoms with Crippen LogP contribution in [-0.2, 0) is 11.2 Å². The minimum atomic E-state index is 0. The van der Waals surface area contributed by atoms with E-state index in [4.69, 9.17) is 10.5 Å². The summed E-state index contributed by atoms with van der Waals surface area (Å²) >= 11 is 0. The Morgan fingerprint density at radius 3 is 2.52 bits per heavy atom. The number of hydrogen-bond donors (Lipinski definition) is 2. The molecule has 0 aliphatic rings. The maximum atomic E-state index is 5.86. The highest BCUT2D eigenvalue weighted by atomic mass is 127. The first-order valence-electron chi connectivity index (χ1n) is 6.99. The number of ether oxygens (including phenoxy) is 1. The first-order chi connectivity index (χ1) is 9.65. The fraction of sp³-hybridized carbons (Fsp3) is 0.533. The largest absolute Gasteiger partial charge is 0.383 e. The summed E-state index contributed by atoms with van der Waals surface area (Å²) in [5, 5.41) is 3.09. The number of nitrogens with one attached hydrogen (secondary N) is 1. The molecule has 0 fully saturated rings. The van der Waals surface area contributed by atoms with E-state index >= 15 is 0 Å². The van der Waals surface area contributed by atoms with Gasteiger partial charge in [0.2, 0.25) is 0 Å². The van der Waals surface area contributed by atoms with E-state index in [1.54, 1.807) is 7.11 Å². The van der Waals surface area contributed by atoms with Crippen molar-refractivity contribution in [2.24, 2.45) is 10.7 Å². The lowest BCUT2D eigenvalue weighted by Gasteiger charge is -2.14. The van der Waals surface area contributed by atoms with Crippen LogP contribution in [0.4, 0.5) is 5.69 Å². The van der Waals surface area contributed by atoms with Crippen LogP contribution in [0.15, 0.2) is 29.3 Å². The molecule has 0 saturated heterocycles. The Morgan fingerprint density at radius 2 is 1.95 bits per heavy atom. The van der Waals surface area contributed by atoms with Gasteiger partial charge < -0.3 is 20.7 Å². The molecule has 0 heterocycles. The molecule has 0 radical (unpaired) electrons. The Hall–Kier alpha value is -0.860. The number of halogens is 1. The normalized spacial score (nSPS) is 11.3. The lowest BCUT2D eigenvalue weighted by atomic mass is 10.1. The summed E-state index contributed by atoms with van der Waals surface area (Å²) in [7, 11) is 3.75. The van der Waals surface area contributed by atoms with E-state index in [1.165, 1.54) is 5.56 Å². The monoisotopic (exact) mass is 406 g/mol. The third kappa shape index (κ3) is 8.90. The second-order valence-electron chi connectivity index (χ2n) is 4.74. The number of nitrogens with zero attached hydrogens (tertiary/aromatic N) is 2. The molecular weight excluding hydrogens is 379 g/mol. The molecule has 0 aromatic heterocycles. The highest BCUT2D eigenvalue weighted by Gasteiger charge is 1.98. The number of aryl methyl sites for hydroxylation is 1. The third-order valence-electron chi connectivity index (χ3n) is 3.08. The molecule has 5 nitrogen and oxygen atoms in total. The van der Waals surface area contributed by atoms with Crippen LogP contribution in [-0.4, -0.2) is 51.3 Å². The Kier molecular flexibility index (Phi) is 11.3. The molecule has 3 N–H and O–H groups in total. The fourth-order valence-corrected chi connectivity index (χ4v) is 1.71. The number of aliphatic imine (C=N–C) groups is 1. The Balaban J connectivity index is 0.00000400. The minimum absolute atomic E-state index is 0. The van der Waals surface area contributed by atoms with Crippen molar-refractivity contribution >= 4 is 35.6 Å². The van der Waals surface area contributed by atoms with Crippen molar-refractivity contribution in [2.45, 2.75) is 13.3 Å². The van der Waals surface area contributed by atoms with Crippen molar-refractivity contribution in [3.63, 3.8) is 0 Å². The highest BCUT2D eigenvalue weighted by molar-refractivity contribution is 14.0. The number of hydrogen-bond acceptors (Lipinski definition) is 3. The van der Waals surface area contributed by atoms with Crippen LogP contribution in [0.3, 0.4) is 0 Å². The van der Waals surface area contributed by atoms with Crippen molar-refractivity contribution in [1.29, 1.82) is 0 Å². The van der Waals surface area contributed by atoms with Crippen LogP contribution in [0.2, 0.25) is 0 Å². The van der Waals surface area contributed by atoms with E-state index in [0.29, 0.717) is 12.5 Å². The fourth-order valence-electron chi connectivity index (χ4n) is 1.71. The number of benzene rings is 1. The molecule has 0 aliphatic carbocycles. The topological polar surface area (TPSA) is 62.9 Å². The number of methoxy groups -OCH3 is 1. The quantitative estimate of drug-likeness (QED) is 0.395. The molecule has 0 atom stereocenters. The van der Waals surface area contributed by atoms with Gasteiger partial charge in [0.05, 0.1) is 13.2 Å². The molecular formula is C15H27IN4O. The first kappa shape index (κ1) is 20.1. The van der Waals surface area contributed by atoms with Gasteiger partial charge in [-0.15, -0.1) is 24.0 Å². The molecule has 0 bridgehead atoms. The predicted molar refractivity (Wildman–Crippen MR) is 101 cm³/mol. The molecule has 0 saturated carbocycles. The average molecular weight is 406 g/mol. The van der Waals surface area contributed by atoms with Crippen molar-refractivity contribution in [2.75, 3.05) is 45.7 Å². The van der Waals surface area contributed by atoms with Crippen molar-refractivity contribution in [3.05, 3.63) is 29.8 Å². The zero-order valence-corrected chi connectivity index (χ0v) is 15.5. The van der Waals surface area contributed by atoms with Gasteiger partial charge in [0.25, 0.3) is 0 Å². The zero-order chi connectivity index (χ0) is 14.8. The van der Waals surface area contributed by atoms with Gasteiger partial charge in [-0.05, 0) is 31.2 Å². The molecule has 1 aromatic carbocycles. The Morgan fingerprint density at radius 1 is 1.29 bits per heavy atom. The van der Waals surface area contributed by atoms with Gasteiger partial charge in [0.15, 0.2) is 5.96 Å². The van der Waals surface area contributed by atoms with Crippen molar-refractivity contribution < 1.29 is 4.74 Å². The van der Waals surface area contributed by atoms with E-state index in [0.717, 1.165) is 31.8 Å². The number of rotatable bonds is 8. The van der Waals surface area contributed by atoms with Gasteiger partial charge in [-0.3, -0.25) is 4.99 Å². The summed E-state index contributed by atoms with van der Waals surface area (Å²) in [6.45, 7) is 5.31. The molecule has 0 spiro atoms. The van der Waals surface area contributed by atoms with Crippen LogP contribution >= 0.6 is 24.0 Å². The van der Waals surface area contributed by atoms with Crippen molar-refractivity contribution in [1.82, 2.24) is 4.90 Å².